The van der Waals surface area contributed by atoms with Crippen molar-refractivity contribution in [2.75, 3.05) is 0 Å². The second-order valence-electron chi connectivity index (χ2n) is 2.81. The highest BCUT2D eigenvalue weighted by Gasteiger charge is 1.97. The van der Waals surface area contributed by atoms with Gasteiger partial charge in [-0.05, 0) is 17.7 Å². The van der Waals surface area contributed by atoms with E-state index in [9.17, 15) is 0 Å². The van der Waals surface area contributed by atoms with E-state index >= 15 is 0 Å². The predicted octanol–water partition coefficient (Wildman–Crippen LogP) is 1.51. The van der Waals surface area contributed by atoms with Crippen molar-refractivity contribution in [2.24, 2.45) is 0 Å². The van der Waals surface area contributed by atoms with Crippen molar-refractivity contribution in [1.82, 2.24) is 15.3 Å². The summed E-state index contributed by atoms with van der Waals surface area (Å²) in [5.41, 5.74) is 1.23. The molecule has 1 aliphatic heterocycles. The van der Waals surface area contributed by atoms with E-state index in [1.54, 1.807) is 6.20 Å². The van der Waals surface area contributed by atoms with Gasteiger partial charge in [-0.1, -0.05) is 6.08 Å². The summed E-state index contributed by atoms with van der Waals surface area (Å²) in [5, 5.41) is 3.01. The number of nitrogens with zero attached hydrogens (tertiary/aromatic N) is 1. The monoisotopic (exact) mass is 173 g/mol. The van der Waals surface area contributed by atoms with Gasteiger partial charge in [-0.25, -0.2) is 4.98 Å². The zero-order valence-corrected chi connectivity index (χ0v) is 7.20. The normalized spacial score (nSPS) is 14.9. The maximum Gasteiger partial charge on any atom is 0.110 e. The van der Waals surface area contributed by atoms with Gasteiger partial charge in [-0.2, -0.15) is 0 Å². The Morgan fingerprint density at radius 2 is 2.31 bits per heavy atom. The Morgan fingerprint density at radius 1 is 1.31 bits per heavy atom. The molecule has 0 bridgehead atoms. The van der Waals surface area contributed by atoms with Gasteiger partial charge in [0.05, 0.1) is 0 Å². The van der Waals surface area contributed by atoms with Gasteiger partial charge in [0.25, 0.3) is 0 Å². The molecule has 0 saturated carbocycles. The van der Waals surface area contributed by atoms with Gasteiger partial charge in [0.2, 0.25) is 0 Å². The Bertz CT molecular complexity index is 344. The smallest absolute Gasteiger partial charge is 0.110 e. The first-order valence-electron chi connectivity index (χ1n) is 4.22. The van der Waals surface area contributed by atoms with E-state index in [4.69, 9.17) is 0 Å². The molecule has 66 valence electrons. The molecule has 0 spiro atoms. The first-order chi connectivity index (χ1) is 6.45. The molecule has 2 heterocycles. The number of hydrogen-bond donors (Lipinski definition) is 2. The van der Waals surface area contributed by atoms with E-state index in [1.165, 1.54) is 5.57 Å². The SMILES string of the molecule is C1=CNC=CC(Cc2ncc[nH]2)=C1. The Labute approximate surface area is 76.9 Å². The minimum Gasteiger partial charge on any atom is -0.368 e. The fraction of sp³-hybridized carbons (Fsp3) is 0.100. The van der Waals surface area contributed by atoms with E-state index in [-0.39, 0.29) is 0 Å². The molecule has 0 atom stereocenters. The van der Waals surface area contributed by atoms with Crippen LogP contribution in [0.5, 0.6) is 0 Å². The highest BCUT2D eigenvalue weighted by Crippen LogP contribution is 2.06. The second-order valence-corrected chi connectivity index (χ2v) is 2.81. The fourth-order valence-corrected chi connectivity index (χ4v) is 1.20. The van der Waals surface area contributed by atoms with Crippen LogP contribution in [0.4, 0.5) is 0 Å². The number of aromatic amines is 1. The summed E-state index contributed by atoms with van der Waals surface area (Å²) in [6.07, 6.45) is 14.4. The van der Waals surface area contributed by atoms with Crippen LogP contribution in [0.3, 0.4) is 0 Å². The lowest BCUT2D eigenvalue weighted by atomic mass is 10.1. The molecule has 0 radical (unpaired) electrons. The van der Waals surface area contributed by atoms with Crippen molar-refractivity contribution in [3.63, 3.8) is 0 Å². The van der Waals surface area contributed by atoms with Gasteiger partial charge in [0.15, 0.2) is 0 Å². The van der Waals surface area contributed by atoms with Gasteiger partial charge < -0.3 is 10.3 Å². The molecule has 0 unspecified atom stereocenters. The van der Waals surface area contributed by atoms with Crippen molar-refractivity contribution in [1.29, 1.82) is 0 Å². The lowest BCUT2D eigenvalue weighted by molar-refractivity contribution is 1.02. The number of H-pyrrole nitrogens is 1. The van der Waals surface area contributed by atoms with Gasteiger partial charge in [0, 0.05) is 31.2 Å². The van der Waals surface area contributed by atoms with Crippen LogP contribution >= 0.6 is 0 Å². The standard InChI is InChI=1S/C10H11N3/c1-2-9(3-5-11-4-1)8-10-12-6-7-13-10/h1-7,11H,8H2,(H,12,13). The third-order valence-electron chi connectivity index (χ3n) is 1.82. The van der Waals surface area contributed by atoms with Crippen LogP contribution in [-0.2, 0) is 6.42 Å². The van der Waals surface area contributed by atoms with Crippen LogP contribution in [0.2, 0.25) is 0 Å². The van der Waals surface area contributed by atoms with Gasteiger partial charge in [-0.3, -0.25) is 0 Å². The van der Waals surface area contributed by atoms with E-state index in [0.29, 0.717) is 0 Å². The Balaban J connectivity index is 2.09. The van der Waals surface area contributed by atoms with Crippen LogP contribution in [-0.4, -0.2) is 9.97 Å². The van der Waals surface area contributed by atoms with Crippen molar-refractivity contribution >= 4 is 0 Å². The number of nitrogens with one attached hydrogen (secondary N) is 2. The number of hydrogen-bond acceptors (Lipinski definition) is 2. The minimum absolute atomic E-state index is 0.843. The summed E-state index contributed by atoms with van der Waals surface area (Å²) in [5.74, 6) is 0.992. The number of allylic oxidation sites excluding steroid dienone is 4. The number of rotatable bonds is 2. The predicted molar refractivity (Wildman–Crippen MR) is 51.8 cm³/mol. The van der Waals surface area contributed by atoms with Crippen LogP contribution in [0.1, 0.15) is 5.82 Å². The Hall–Kier alpha value is -1.77. The molecular formula is C10H11N3. The van der Waals surface area contributed by atoms with Crippen LogP contribution in [0.15, 0.2) is 48.6 Å². The summed E-state index contributed by atoms with van der Waals surface area (Å²) in [4.78, 5) is 7.24. The lowest BCUT2D eigenvalue weighted by Gasteiger charge is -1.96. The molecule has 1 aromatic heterocycles. The molecule has 3 heteroatoms. The van der Waals surface area contributed by atoms with Crippen molar-refractivity contribution in [2.45, 2.75) is 6.42 Å². The first kappa shape index (κ1) is 7.86. The van der Waals surface area contributed by atoms with E-state index < -0.39 is 0 Å². The minimum atomic E-state index is 0.843. The van der Waals surface area contributed by atoms with E-state index in [1.807, 2.05) is 30.7 Å². The molecule has 3 nitrogen and oxygen atoms in total. The average molecular weight is 173 g/mol. The fourth-order valence-electron chi connectivity index (χ4n) is 1.20. The van der Waals surface area contributed by atoms with Gasteiger partial charge in [0.1, 0.15) is 5.82 Å². The zero-order valence-electron chi connectivity index (χ0n) is 7.20. The second kappa shape index (κ2) is 3.76. The molecule has 0 aromatic carbocycles. The Morgan fingerprint density at radius 3 is 3.15 bits per heavy atom. The molecule has 0 fully saturated rings. The highest BCUT2D eigenvalue weighted by atomic mass is 14.9. The Kier molecular flexibility index (Phi) is 2.27. The molecule has 13 heavy (non-hydrogen) atoms. The molecule has 0 saturated heterocycles. The van der Waals surface area contributed by atoms with Crippen LogP contribution in [0, 0.1) is 0 Å². The molecule has 2 N–H and O–H groups in total. The molecule has 1 aromatic rings. The van der Waals surface area contributed by atoms with Crippen molar-refractivity contribution < 1.29 is 0 Å². The van der Waals surface area contributed by atoms with E-state index in [0.717, 1.165) is 12.2 Å². The molecule has 2 rings (SSSR count). The first-order valence-corrected chi connectivity index (χ1v) is 4.22. The lowest BCUT2D eigenvalue weighted by Crippen LogP contribution is -1.91. The molecule has 0 amide bonds. The number of imidazole rings is 1. The van der Waals surface area contributed by atoms with Gasteiger partial charge in [-0.15, -0.1) is 0 Å². The summed E-state index contributed by atoms with van der Waals surface area (Å²) in [6.45, 7) is 0. The number of aromatic nitrogens is 2. The zero-order chi connectivity index (χ0) is 8.93. The van der Waals surface area contributed by atoms with Crippen LogP contribution < -0.4 is 5.32 Å². The average Bonchev–Trinajstić information content (AvgIpc) is 2.49. The quantitative estimate of drug-likeness (QED) is 0.711. The summed E-state index contributed by atoms with van der Waals surface area (Å²) < 4.78 is 0. The topological polar surface area (TPSA) is 40.7 Å². The largest absolute Gasteiger partial charge is 0.368 e. The van der Waals surface area contributed by atoms with Gasteiger partial charge >= 0.3 is 0 Å². The highest BCUT2D eigenvalue weighted by molar-refractivity contribution is 5.28. The van der Waals surface area contributed by atoms with E-state index in [2.05, 4.69) is 21.4 Å². The molecule has 0 aliphatic carbocycles. The molecule has 1 aliphatic rings. The maximum absolute atomic E-state index is 4.17. The summed E-state index contributed by atoms with van der Waals surface area (Å²) in [7, 11) is 0. The third-order valence-corrected chi connectivity index (χ3v) is 1.82. The summed E-state index contributed by atoms with van der Waals surface area (Å²) in [6, 6.07) is 0. The maximum atomic E-state index is 4.17. The molecular weight excluding hydrogens is 162 g/mol. The van der Waals surface area contributed by atoms with Crippen molar-refractivity contribution in [3.8, 4) is 0 Å². The summed E-state index contributed by atoms with van der Waals surface area (Å²) >= 11 is 0. The van der Waals surface area contributed by atoms with Crippen LogP contribution in [0.25, 0.3) is 0 Å². The van der Waals surface area contributed by atoms with Crippen molar-refractivity contribution in [3.05, 3.63) is 54.4 Å². The third kappa shape index (κ3) is 2.08.